The van der Waals surface area contributed by atoms with Gasteiger partial charge in [-0.2, -0.15) is 0 Å². The minimum Gasteiger partial charge on any atom is -0.487 e. The first-order valence-electron chi connectivity index (χ1n) is 10.4. The molecule has 0 N–H and O–H groups in total. The van der Waals surface area contributed by atoms with Crippen molar-refractivity contribution < 1.29 is 14.3 Å². The SMILES string of the molecule is CC(C)(C)OC(=O)N1CC2CN(c3ccccc3OCc3ccccc3)CC2C1. The van der Waals surface area contributed by atoms with Crippen molar-refractivity contribution in [1.82, 2.24) is 4.90 Å². The molecule has 154 valence electrons. The van der Waals surface area contributed by atoms with Crippen molar-refractivity contribution in [3.63, 3.8) is 0 Å². The molecule has 0 radical (unpaired) electrons. The Morgan fingerprint density at radius 1 is 0.931 bits per heavy atom. The van der Waals surface area contributed by atoms with Crippen LogP contribution in [-0.2, 0) is 11.3 Å². The van der Waals surface area contributed by atoms with Crippen LogP contribution in [0.3, 0.4) is 0 Å². The van der Waals surface area contributed by atoms with Crippen LogP contribution in [0, 0.1) is 11.8 Å². The van der Waals surface area contributed by atoms with Gasteiger partial charge in [0, 0.05) is 38.0 Å². The van der Waals surface area contributed by atoms with Crippen LogP contribution >= 0.6 is 0 Å². The molecule has 2 aromatic rings. The maximum Gasteiger partial charge on any atom is 0.410 e. The third kappa shape index (κ3) is 4.66. The highest BCUT2D eigenvalue weighted by Gasteiger charge is 2.43. The monoisotopic (exact) mass is 394 g/mol. The molecule has 2 fully saturated rings. The molecule has 0 aliphatic carbocycles. The number of para-hydroxylation sites is 2. The van der Waals surface area contributed by atoms with Crippen molar-refractivity contribution in [1.29, 1.82) is 0 Å². The van der Waals surface area contributed by atoms with Gasteiger partial charge in [-0.05, 0) is 38.5 Å². The van der Waals surface area contributed by atoms with E-state index in [-0.39, 0.29) is 6.09 Å². The Balaban J connectivity index is 1.38. The van der Waals surface area contributed by atoms with E-state index in [9.17, 15) is 4.79 Å². The maximum atomic E-state index is 12.4. The molecule has 5 heteroatoms. The zero-order chi connectivity index (χ0) is 20.4. The number of hydrogen-bond donors (Lipinski definition) is 0. The molecular formula is C24H30N2O3. The average molecular weight is 395 g/mol. The molecule has 2 aromatic carbocycles. The lowest BCUT2D eigenvalue weighted by molar-refractivity contribution is 0.0282. The van der Waals surface area contributed by atoms with E-state index in [1.807, 2.05) is 56.0 Å². The van der Waals surface area contributed by atoms with Gasteiger partial charge < -0.3 is 19.3 Å². The number of carbonyl (C=O) groups is 1. The van der Waals surface area contributed by atoms with Gasteiger partial charge in [-0.3, -0.25) is 0 Å². The van der Waals surface area contributed by atoms with Crippen molar-refractivity contribution >= 4 is 11.8 Å². The Bertz CT molecular complexity index is 833. The molecule has 2 unspecified atom stereocenters. The van der Waals surface area contributed by atoms with Gasteiger partial charge in [-0.15, -0.1) is 0 Å². The summed E-state index contributed by atoms with van der Waals surface area (Å²) in [5.41, 5.74) is 1.85. The van der Waals surface area contributed by atoms with Gasteiger partial charge in [0.2, 0.25) is 0 Å². The number of carbonyl (C=O) groups excluding carboxylic acids is 1. The van der Waals surface area contributed by atoms with Crippen molar-refractivity contribution in [2.45, 2.75) is 33.0 Å². The lowest BCUT2D eigenvalue weighted by atomic mass is 10.0. The van der Waals surface area contributed by atoms with E-state index in [0.29, 0.717) is 18.4 Å². The second-order valence-electron chi connectivity index (χ2n) is 9.05. The second kappa shape index (κ2) is 7.97. The van der Waals surface area contributed by atoms with E-state index in [4.69, 9.17) is 9.47 Å². The first-order valence-corrected chi connectivity index (χ1v) is 10.4. The zero-order valence-corrected chi connectivity index (χ0v) is 17.5. The van der Waals surface area contributed by atoms with E-state index < -0.39 is 5.60 Å². The van der Waals surface area contributed by atoms with Crippen LogP contribution in [-0.4, -0.2) is 42.8 Å². The van der Waals surface area contributed by atoms with Crippen LogP contribution in [0.4, 0.5) is 10.5 Å². The molecular weight excluding hydrogens is 364 g/mol. The first kappa shape index (κ1) is 19.6. The number of anilines is 1. The fourth-order valence-corrected chi connectivity index (χ4v) is 4.24. The van der Waals surface area contributed by atoms with E-state index in [2.05, 4.69) is 29.2 Å². The number of fused-ring (bicyclic) bond motifs is 1. The van der Waals surface area contributed by atoms with Gasteiger partial charge in [0.1, 0.15) is 18.0 Å². The minimum atomic E-state index is -0.449. The van der Waals surface area contributed by atoms with E-state index in [1.165, 1.54) is 0 Å². The highest BCUT2D eigenvalue weighted by Crippen LogP contribution is 2.38. The zero-order valence-electron chi connectivity index (χ0n) is 17.5. The van der Waals surface area contributed by atoms with Crippen LogP contribution in [0.5, 0.6) is 5.75 Å². The summed E-state index contributed by atoms with van der Waals surface area (Å²) in [6, 6.07) is 18.5. The molecule has 29 heavy (non-hydrogen) atoms. The number of amides is 1. The summed E-state index contributed by atoms with van der Waals surface area (Å²) < 4.78 is 11.7. The number of hydrogen-bond acceptors (Lipinski definition) is 4. The summed E-state index contributed by atoms with van der Waals surface area (Å²) in [5, 5.41) is 0. The molecule has 0 aromatic heterocycles. The quantitative estimate of drug-likeness (QED) is 0.762. The fourth-order valence-electron chi connectivity index (χ4n) is 4.24. The largest absolute Gasteiger partial charge is 0.487 e. The number of benzene rings is 2. The molecule has 2 aliphatic rings. The highest BCUT2D eigenvalue weighted by molar-refractivity contribution is 5.69. The molecule has 2 aliphatic heterocycles. The van der Waals surface area contributed by atoms with E-state index in [1.54, 1.807) is 0 Å². The van der Waals surface area contributed by atoms with Crippen LogP contribution in [0.1, 0.15) is 26.3 Å². The van der Waals surface area contributed by atoms with Gasteiger partial charge in [0.05, 0.1) is 5.69 Å². The Hall–Kier alpha value is -2.69. The van der Waals surface area contributed by atoms with Gasteiger partial charge >= 0.3 is 6.09 Å². The van der Waals surface area contributed by atoms with Gasteiger partial charge in [0.25, 0.3) is 0 Å². The summed E-state index contributed by atoms with van der Waals surface area (Å²) in [6.07, 6.45) is -0.190. The van der Waals surface area contributed by atoms with E-state index >= 15 is 0 Å². The average Bonchev–Trinajstić information content (AvgIpc) is 3.25. The molecule has 2 saturated heterocycles. The molecule has 0 spiro atoms. The molecule has 2 atom stereocenters. The van der Waals surface area contributed by atoms with Gasteiger partial charge in [0.15, 0.2) is 0 Å². The predicted molar refractivity (Wildman–Crippen MR) is 114 cm³/mol. The highest BCUT2D eigenvalue weighted by atomic mass is 16.6. The third-order valence-electron chi connectivity index (χ3n) is 5.58. The molecule has 5 nitrogen and oxygen atoms in total. The topological polar surface area (TPSA) is 42.0 Å². The van der Waals surface area contributed by atoms with Crippen LogP contribution in [0.25, 0.3) is 0 Å². The predicted octanol–water partition coefficient (Wildman–Crippen LogP) is 4.57. The van der Waals surface area contributed by atoms with Crippen LogP contribution in [0.15, 0.2) is 54.6 Å². The van der Waals surface area contributed by atoms with E-state index in [0.717, 1.165) is 43.2 Å². The van der Waals surface area contributed by atoms with Crippen molar-refractivity contribution in [2.75, 3.05) is 31.1 Å². The van der Waals surface area contributed by atoms with Crippen LogP contribution < -0.4 is 9.64 Å². The number of ether oxygens (including phenoxy) is 2. The fraction of sp³-hybridized carbons (Fsp3) is 0.458. The summed E-state index contributed by atoms with van der Waals surface area (Å²) in [4.78, 5) is 16.7. The van der Waals surface area contributed by atoms with Crippen molar-refractivity contribution in [2.24, 2.45) is 11.8 Å². The molecule has 0 saturated carbocycles. The Kier molecular flexibility index (Phi) is 5.39. The lowest BCUT2D eigenvalue weighted by Crippen LogP contribution is -2.37. The smallest absolute Gasteiger partial charge is 0.410 e. The van der Waals surface area contributed by atoms with Crippen molar-refractivity contribution in [3.05, 3.63) is 60.2 Å². The summed E-state index contributed by atoms with van der Waals surface area (Å²) in [5.74, 6) is 1.87. The third-order valence-corrected chi connectivity index (χ3v) is 5.58. The van der Waals surface area contributed by atoms with Crippen molar-refractivity contribution in [3.8, 4) is 5.75 Å². The number of rotatable bonds is 4. The Morgan fingerprint density at radius 2 is 1.55 bits per heavy atom. The lowest BCUT2D eigenvalue weighted by Gasteiger charge is -2.27. The number of likely N-dealkylation sites (tertiary alicyclic amines) is 1. The Morgan fingerprint density at radius 3 is 2.21 bits per heavy atom. The molecule has 1 amide bonds. The number of nitrogens with zero attached hydrogens (tertiary/aromatic N) is 2. The standard InChI is InChI=1S/C24H30N2O3/c1-24(2,3)29-23(27)26-15-19-13-25(14-20(19)16-26)21-11-7-8-12-22(21)28-17-18-9-5-4-6-10-18/h4-12,19-20H,13-17H2,1-3H3. The molecule has 4 rings (SSSR count). The summed E-state index contributed by atoms with van der Waals surface area (Å²) >= 11 is 0. The normalized spacial score (nSPS) is 21.2. The Labute approximate surface area is 173 Å². The molecule has 2 heterocycles. The van der Waals surface area contributed by atoms with Crippen LogP contribution in [0.2, 0.25) is 0 Å². The maximum absolute atomic E-state index is 12.4. The second-order valence-corrected chi connectivity index (χ2v) is 9.05. The molecule has 0 bridgehead atoms. The first-order chi connectivity index (χ1) is 13.9. The summed E-state index contributed by atoms with van der Waals surface area (Å²) in [7, 11) is 0. The van der Waals surface area contributed by atoms with Gasteiger partial charge in [-0.1, -0.05) is 42.5 Å². The van der Waals surface area contributed by atoms with Gasteiger partial charge in [-0.25, -0.2) is 4.79 Å². The minimum absolute atomic E-state index is 0.190. The summed E-state index contributed by atoms with van der Waals surface area (Å²) in [6.45, 7) is 9.71.